The molecule has 0 aliphatic heterocycles. The number of carbonyl (C=O) groups is 3. The Morgan fingerprint density at radius 1 is 0.422 bits per heavy atom. The molecule has 0 bridgehead atoms. The number of rotatable bonds is 14. The first kappa shape index (κ1) is 42.4. The fourth-order valence-electron chi connectivity index (χ4n) is 6.51. The molecule has 5 aromatic carbocycles. The van der Waals surface area contributed by atoms with Crippen LogP contribution in [0.1, 0.15) is 37.0 Å². The molecule has 0 spiro atoms. The highest BCUT2D eigenvalue weighted by Crippen LogP contribution is 2.34. The largest absolute Gasteiger partial charge is 0.321 e. The smallest absolute Gasteiger partial charge is 0.274 e. The lowest BCUT2D eigenvalue weighted by atomic mass is 9.98. The predicted molar refractivity (Wildman–Crippen MR) is 244 cm³/mol. The molecule has 2 amide bonds. The summed E-state index contributed by atoms with van der Waals surface area (Å²) in [5, 5.41) is 5.38. The van der Waals surface area contributed by atoms with E-state index in [1.807, 2.05) is 36.4 Å². The Bertz CT molecular complexity index is 3210. The van der Waals surface area contributed by atoms with Crippen molar-refractivity contribution < 1.29 is 31.2 Å². The maximum absolute atomic E-state index is 13.8. The SMILES string of the molecule is O=C(Nc1ccc(S(=O)(=O)Nc2ccccc2C(=O)c2ccc(-c3ccc(-c4ccccc4)c(NS(=O)(=O)c4ccc(NC(=O)c5ccccn5)cc4)c3)cn2)cc1)c1ccccn1. The number of nitrogens with zero attached hydrogens (tertiary/aromatic N) is 3. The minimum atomic E-state index is -4.18. The van der Waals surface area contributed by atoms with Crippen molar-refractivity contribution >= 4 is 60.4 Å². The number of pyridine rings is 3. The van der Waals surface area contributed by atoms with Crippen molar-refractivity contribution in [3.8, 4) is 22.3 Å². The maximum atomic E-state index is 13.8. The third kappa shape index (κ3) is 9.73. The Morgan fingerprint density at radius 2 is 0.938 bits per heavy atom. The van der Waals surface area contributed by atoms with Crippen LogP contribution in [0.4, 0.5) is 22.7 Å². The number of hydrogen-bond donors (Lipinski definition) is 4. The van der Waals surface area contributed by atoms with Gasteiger partial charge in [-0.05, 0) is 108 Å². The van der Waals surface area contributed by atoms with Crippen LogP contribution in [0.3, 0.4) is 0 Å². The van der Waals surface area contributed by atoms with E-state index >= 15 is 0 Å². The van der Waals surface area contributed by atoms with Gasteiger partial charge in [0.2, 0.25) is 5.78 Å². The third-order valence-corrected chi connectivity index (χ3v) is 12.5. The van der Waals surface area contributed by atoms with Gasteiger partial charge in [-0.3, -0.25) is 38.8 Å². The van der Waals surface area contributed by atoms with Crippen LogP contribution in [0.2, 0.25) is 0 Å². The van der Waals surface area contributed by atoms with Crippen molar-refractivity contribution in [1.29, 1.82) is 0 Å². The lowest BCUT2D eigenvalue weighted by Gasteiger charge is -2.16. The molecule has 0 radical (unpaired) electrons. The first-order valence-corrected chi connectivity index (χ1v) is 22.4. The highest BCUT2D eigenvalue weighted by Gasteiger charge is 2.22. The Balaban J connectivity index is 0.994. The van der Waals surface area contributed by atoms with Gasteiger partial charge in [0.1, 0.15) is 17.1 Å². The molecule has 3 aromatic heterocycles. The lowest BCUT2D eigenvalue weighted by molar-refractivity contribution is 0.101. The summed E-state index contributed by atoms with van der Waals surface area (Å²) in [6, 6.07) is 45.0. The second-order valence-corrected chi connectivity index (χ2v) is 17.4. The number of ketones is 1. The van der Waals surface area contributed by atoms with E-state index in [0.717, 1.165) is 5.56 Å². The second-order valence-electron chi connectivity index (χ2n) is 14.0. The predicted octanol–water partition coefficient (Wildman–Crippen LogP) is 8.54. The fraction of sp³-hybridized carbons (Fsp3) is 0. The van der Waals surface area contributed by atoms with Crippen molar-refractivity contribution in [1.82, 2.24) is 15.0 Å². The van der Waals surface area contributed by atoms with E-state index in [9.17, 15) is 31.2 Å². The summed E-state index contributed by atoms with van der Waals surface area (Å²) in [5.41, 5.74) is 4.07. The molecule has 0 saturated heterocycles. The summed E-state index contributed by atoms with van der Waals surface area (Å²) in [4.78, 5) is 51.2. The number of benzene rings is 5. The van der Waals surface area contributed by atoms with E-state index < -0.39 is 37.6 Å². The van der Waals surface area contributed by atoms with Gasteiger partial charge in [0.15, 0.2) is 0 Å². The van der Waals surface area contributed by atoms with E-state index in [-0.39, 0.29) is 43.8 Å². The molecule has 8 aromatic rings. The number of sulfonamides is 2. The van der Waals surface area contributed by atoms with Gasteiger partial charge in [0.25, 0.3) is 31.9 Å². The average molecular weight is 886 g/mol. The molecule has 0 aliphatic carbocycles. The molecule has 0 saturated carbocycles. The van der Waals surface area contributed by atoms with Gasteiger partial charge in [0, 0.05) is 46.7 Å². The lowest BCUT2D eigenvalue weighted by Crippen LogP contribution is -2.17. The quantitative estimate of drug-likeness (QED) is 0.0766. The zero-order chi connectivity index (χ0) is 44.7. The van der Waals surface area contributed by atoms with Crippen LogP contribution in [0, 0.1) is 0 Å². The van der Waals surface area contributed by atoms with Crippen LogP contribution in [0.5, 0.6) is 0 Å². The van der Waals surface area contributed by atoms with Gasteiger partial charge >= 0.3 is 0 Å². The zero-order valence-corrected chi connectivity index (χ0v) is 35.0. The van der Waals surface area contributed by atoms with Gasteiger partial charge in [-0.2, -0.15) is 0 Å². The van der Waals surface area contributed by atoms with Crippen molar-refractivity contribution in [2.45, 2.75) is 9.79 Å². The van der Waals surface area contributed by atoms with Crippen LogP contribution in [0.25, 0.3) is 22.3 Å². The van der Waals surface area contributed by atoms with Gasteiger partial charge < -0.3 is 10.6 Å². The number of hydrogen-bond acceptors (Lipinski definition) is 10. The summed E-state index contributed by atoms with van der Waals surface area (Å²) in [7, 11) is -8.32. The Morgan fingerprint density at radius 3 is 1.47 bits per heavy atom. The molecule has 0 fully saturated rings. The topological polar surface area (TPSA) is 206 Å². The standard InChI is InChI=1S/C48H35N7O7S2/c56-46(40-12-4-5-13-41(40)54-63(59,60)37-22-18-35(19-23-37)52-47(57)43-14-6-8-28-49-43)42-27-17-34(31-51-42)33-16-26-39(32-10-2-1-3-11-32)45(30-33)55-64(61,62)38-24-20-36(21-25-38)53-48(58)44-15-7-9-29-50-44/h1-31,54-55H,(H,52,57)(H,53,58). The van der Waals surface area contributed by atoms with Crippen molar-refractivity contribution in [2.24, 2.45) is 0 Å². The van der Waals surface area contributed by atoms with Crippen molar-refractivity contribution in [3.63, 3.8) is 0 Å². The number of para-hydroxylation sites is 1. The Kier molecular flexibility index (Phi) is 12.1. The summed E-state index contributed by atoms with van der Waals surface area (Å²) < 4.78 is 59.8. The molecule has 64 heavy (non-hydrogen) atoms. The minimum Gasteiger partial charge on any atom is -0.321 e. The molecule has 0 aliphatic rings. The van der Waals surface area contributed by atoms with Crippen molar-refractivity contribution in [2.75, 3.05) is 20.1 Å². The van der Waals surface area contributed by atoms with Crippen LogP contribution >= 0.6 is 0 Å². The number of amides is 2. The molecular weight excluding hydrogens is 851 g/mol. The van der Waals surface area contributed by atoms with Crippen LogP contribution < -0.4 is 20.1 Å². The second kappa shape index (κ2) is 18.3. The van der Waals surface area contributed by atoms with Gasteiger partial charge in [-0.15, -0.1) is 0 Å². The molecule has 316 valence electrons. The van der Waals surface area contributed by atoms with E-state index in [1.165, 1.54) is 85.3 Å². The summed E-state index contributed by atoms with van der Waals surface area (Å²) in [5.74, 6) is -1.44. The third-order valence-electron chi connectivity index (χ3n) is 9.73. The molecule has 0 atom stereocenters. The molecule has 0 unspecified atom stereocenters. The average Bonchev–Trinajstić information content (AvgIpc) is 3.32. The van der Waals surface area contributed by atoms with Crippen LogP contribution in [-0.4, -0.2) is 49.4 Å². The monoisotopic (exact) mass is 885 g/mol. The maximum Gasteiger partial charge on any atom is 0.274 e. The highest BCUT2D eigenvalue weighted by molar-refractivity contribution is 7.93. The minimum absolute atomic E-state index is 0.0308. The highest BCUT2D eigenvalue weighted by atomic mass is 32.2. The normalized spacial score (nSPS) is 11.2. The Hall–Kier alpha value is -8.34. The van der Waals surface area contributed by atoms with E-state index in [0.29, 0.717) is 28.1 Å². The molecule has 8 rings (SSSR count). The van der Waals surface area contributed by atoms with Crippen molar-refractivity contribution in [3.05, 3.63) is 211 Å². The summed E-state index contributed by atoms with van der Waals surface area (Å²) in [6.45, 7) is 0. The van der Waals surface area contributed by atoms with Crippen LogP contribution in [0.15, 0.2) is 198 Å². The summed E-state index contributed by atoms with van der Waals surface area (Å²) >= 11 is 0. The number of nitrogens with one attached hydrogen (secondary N) is 4. The number of carbonyl (C=O) groups excluding carboxylic acids is 3. The Labute approximate surface area is 368 Å². The zero-order valence-electron chi connectivity index (χ0n) is 33.4. The first-order chi connectivity index (χ1) is 30.9. The van der Waals surface area contributed by atoms with E-state index in [1.54, 1.807) is 66.7 Å². The van der Waals surface area contributed by atoms with E-state index in [4.69, 9.17) is 0 Å². The number of aromatic nitrogens is 3. The van der Waals surface area contributed by atoms with Gasteiger partial charge in [-0.1, -0.05) is 72.8 Å². The molecule has 16 heteroatoms. The fourth-order valence-corrected chi connectivity index (χ4v) is 8.66. The first-order valence-electron chi connectivity index (χ1n) is 19.4. The number of anilines is 4. The van der Waals surface area contributed by atoms with E-state index in [2.05, 4.69) is 35.0 Å². The van der Waals surface area contributed by atoms with Gasteiger partial charge in [-0.25, -0.2) is 16.8 Å². The molecule has 4 N–H and O–H groups in total. The molecular formula is C48H35N7O7S2. The van der Waals surface area contributed by atoms with Crippen LogP contribution in [-0.2, 0) is 20.0 Å². The summed E-state index contributed by atoms with van der Waals surface area (Å²) in [6.07, 6.45) is 4.46. The molecule has 14 nitrogen and oxygen atoms in total. The van der Waals surface area contributed by atoms with Gasteiger partial charge in [0.05, 0.1) is 21.2 Å². The molecule has 3 heterocycles.